The van der Waals surface area contributed by atoms with Crippen molar-refractivity contribution >= 4 is 34.7 Å². The van der Waals surface area contributed by atoms with E-state index in [2.05, 4.69) is 10.3 Å². The Morgan fingerprint density at radius 3 is 2.64 bits per heavy atom. The van der Waals surface area contributed by atoms with Crippen LogP contribution >= 0.6 is 11.8 Å². The fourth-order valence-electron chi connectivity index (χ4n) is 2.75. The van der Waals surface area contributed by atoms with Crippen LogP contribution < -0.4 is 5.32 Å². The molecule has 0 spiro atoms. The Kier molecular flexibility index (Phi) is 6.11. The van der Waals surface area contributed by atoms with Gasteiger partial charge in [-0.1, -0.05) is 26.0 Å². The van der Waals surface area contributed by atoms with Crippen LogP contribution in [0.15, 0.2) is 24.3 Å². The van der Waals surface area contributed by atoms with Gasteiger partial charge in [-0.05, 0) is 31.2 Å². The molecule has 0 aliphatic carbocycles. The van der Waals surface area contributed by atoms with Crippen LogP contribution in [0.5, 0.6) is 0 Å². The highest BCUT2D eigenvalue weighted by molar-refractivity contribution is 7.97. The third-order valence-corrected chi connectivity index (χ3v) is 5.07. The molecule has 25 heavy (non-hydrogen) atoms. The maximum absolute atomic E-state index is 12.7. The summed E-state index contributed by atoms with van der Waals surface area (Å²) in [5.41, 5.74) is 0.974. The maximum Gasteiger partial charge on any atom is 0.305 e. The first-order valence-electron chi connectivity index (χ1n) is 8.22. The number of carboxylic acid groups (broad SMARTS) is 1. The third-order valence-electron chi connectivity index (χ3n) is 4.53. The third kappa shape index (κ3) is 4.54. The summed E-state index contributed by atoms with van der Waals surface area (Å²) in [7, 11) is 0. The van der Waals surface area contributed by atoms with E-state index < -0.39 is 11.5 Å². The molecule has 0 bridgehead atoms. The second-order valence-corrected chi connectivity index (χ2v) is 7.59. The van der Waals surface area contributed by atoms with Crippen LogP contribution in [0.3, 0.4) is 0 Å². The molecular formula is C18H25N3O3S. The number of imidazole rings is 1. The van der Waals surface area contributed by atoms with E-state index >= 15 is 0 Å². The number of rotatable bonds is 8. The number of fused-ring (bicyclic) bond motifs is 1. The number of carboxylic acids is 1. The van der Waals surface area contributed by atoms with Crippen molar-refractivity contribution in [2.75, 3.05) is 6.26 Å². The molecule has 6 nitrogen and oxygen atoms in total. The highest BCUT2D eigenvalue weighted by Gasteiger charge is 2.33. The fraction of sp³-hybridized carbons (Fsp3) is 0.500. The zero-order chi connectivity index (χ0) is 18.6. The molecule has 0 radical (unpaired) electrons. The molecule has 1 atom stereocenters. The van der Waals surface area contributed by atoms with Crippen molar-refractivity contribution in [3.8, 4) is 0 Å². The molecule has 1 aromatic carbocycles. The summed E-state index contributed by atoms with van der Waals surface area (Å²) in [5, 5.41) is 12.1. The Labute approximate surface area is 152 Å². The van der Waals surface area contributed by atoms with E-state index in [0.717, 1.165) is 16.9 Å². The number of para-hydroxylation sites is 2. The Balaban J connectivity index is 2.26. The zero-order valence-corrected chi connectivity index (χ0v) is 15.9. The molecule has 2 aromatic rings. The minimum absolute atomic E-state index is 0.00208. The van der Waals surface area contributed by atoms with Gasteiger partial charge in [-0.3, -0.25) is 9.59 Å². The monoisotopic (exact) mass is 363 g/mol. The number of carbonyl (C=O) groups is 2. The summed E-state index contributed by atoms with van der Waals surface area (Å²) >= 11 is 1.64. The standard InChI is InChI=1S/C18H25N3O3S/c1-12(2)18(3,9-17(23)24)20-16(22)10-21-14-8-6-5-7-13(14)19-15(21)11-25-4/h5-8,12H,9-11H2,1-4H3,(H,20,22)(H,23,24). The van der Waals surface area contributed by atoms with Crippen LogP contribution in [0, 0.1) is 5.92 Å². The average Bonchev–Trinajstić information content (AvgIpc) is 2.84. The number of aliphatic carboxylic acids is 1. The number of benzene rings is 1. The molecular weight excluding hydrogens is 338 g/mol. The van der Waals surface area contributed by atoms with Crippen molar-refractivity contribution in [2.24, 2.45) is 5.92 Å². The lowest BCUT2D eigenvalue weighted by atomic mass is 9.85. The lowest BCUT2D eigenvalue weighted by molar-refractivity contribution is -0.139. The van der Waals surface area contributed by atoms with Gasteiger partial charge in [-0.15, -0.1) is 0 Å². The van der Waals surface area contributed by atoms with Crippen molar-refractivity contribution in [1.29, 1.82) is 0 Å². The van der Waals surface area contributed by atoms with Crippen molar-refractivity contribution in [3.05, 3.63) is 30.1 Å². The van der Waals surface area contributed by atoms with E-state index in [-0.39, 0.29) is 24.8 Å². The van der Waals surface area contributed by atoms with Crippen LogP contribution in [0.25, 0.3) is 11.0 Å². The van der Waals surface area contributed by atoms with Crippen LogP contribution in [0.1, 0.15) is 33.0 Å². The van der Waals surface area contributed by atoms with Gasteiger partial charge in [-0.2, -0.15) is 11.8 Å². The molecule has 136 valence electrons. The second kappa shape index (κ2) is 7.91. The van der Waals surface area contributed by atoms with Crippen LogP contribution in [-0.2, 0) is 21.9 Å². The van der Waals surface area contributed by atoms with E-state index in [1.54, 1.807) is 18.7 Å². The Hall–Kier alpha value is -2.02. The molecule has 1 aromatic heterocycles. The van der Waals surface area contributed by atoms with Crippen LogP contribution in [0.4, 0.5) is 0 Å². The highest BCUT2D eigenvalue weighted by atomic mass is 32.2. The molecule has 0 saturated carbocycles. The van der Waals surface area contributed by atoms with E-state index in [9.17, 15) is 9.59 Å². The lowest BCUT2D eigenvalue weighted by Crippen LogP contribution is -2.52. The van der Waals surface area contributed by atoms with Crippen molar-refractivity contribution < 1.29 is 14.7 Å². The molecule has 1 heterocycles. The second-order valence-electron chi connectivity index (χ2n) is 6.73. The Bertz CT molecular complexity index is 772. The van der Waals surface area contributed by atoms with E-state index in [0.29, 0.717) is 5.75 Å². The largest absolute Gasteiger partial charge is 0.481 e. The van der Waals surface area contributed by atoms with E-state index in [1.165, 1.54) is 0 Å². The van der Waals surface area contributed by atoms with Crippen molar-refractivity contribution in [1.82, 2.24) is 14.9 Å². The maximum atomic E-state index is 12.7. The number of aromatic nitrogens is 2. The van der Waals surface area contributed by atoms with Gasteiger partial charge in [0, 0.05) is 0 Å². The zero-order valence-electron chi connectivity index (χ0n) is 15.1. The molecule has 1 unspecified atom stereocenters. The quantitative estimate of drug-likeness (QED) is 0.753. The first-order chi connectivity index (χ1) is 11.8. The number of thioether (sulfide) groups is 1. The molecule has 2 N–H and O–H groups in total. The van der Waals surface area contributed by atoms with Gasteiger partial charge in [0.25, 0.3) is 0 Å². The number of nitrogens with one attached hydrogen (secondary N) is 1. The summed E-state index contributed by atoms with van der Waals surface area (Å²) in [6.45, 7) is 5.72. The summed E-state index contributed by atoms with van der Waals surface area (Å²) < 4.78 is 1.91. The number of amides is 1. The van der Waals surface area contributed by atoms with Gasteiger partial charge in [0.1, 0.15) is 12.4 Å². The number of hydrogen-bond acceptors (Lipinski definition) is 4. The SMILES string of the molecule is CSCc1nc2ccccc2n1CC(=O)NC(C)(CC(=O)O)C(C)C. The van der Waals surface area contributed by atoms with Gasteiger partial charge < -0.3 is 15.0 Å². The average molecular weight is 363 g/mol. The first-order valence-corrected chi connectivity index (χ1v) is 9.62. The van der Waals surface area contributed by atoms with Gasteiger partial charge >= 0.3 is 5.97 Å². The van der Waals surface area contributed by atoms with Gasteiger partial charge in [0.2, 0.25) is 5.91 Å². The molecule has 0 saturated heterocycles. The Morgan fingerprint density at radius 1 is 1.36 bits per heavy atom. The smallest absolute Gasteiger partial charge is 0.305 e. The number of nitrogens with zero attached hydrogens (tertiary/aromatic N) is 2. The molecule has 0 aliphatic rings. The summed E-state index contributed by atoms with van der Waals surface area (Å²) in [5.74, 6) is 0.417. The molecule has 7 heteroatoms. The molecule has 0 fully saturated rings. The predicted molar refractivity (Wildman–Crippen MR) is 101 cm³/mol. The molecule has 1 amide bonds. The molecule has 0 aliphatic heterocycles. The highest BCUT2D eigenvalue weighted by Crippen LogP contribution is 2.22. The van der Waals surface area contributed by atoms with E-state index in [1.807, 2.05) is 48.9 Å². The minimum atomic E-state index is -0.923. The van der Waals surface area contributed by atoms with Crippen molar-refractivity contribution in [3.63, 3.8) is 0 Å². The summed E-state index contributed by atoms with van der Waals surface area (Å²) in [4.78, 5) is 28.4. The van der Waals surface area contributed by atoms with Gasteiger partial charge in [0.15, 0.2) is 0 Å². The summed E-state index contributed by atoms with van der Waals surface area (Å²) in [6, 6.07) is 7.71. The fourth-order valence-corrected chi connectivity index (χ4v) is 3.23. The van der Waals surface area contributed by atoms with Gasteiger partial charge in [0.05, 0.1) is 28.7 Å². The lowest BCUT2D eigenvalue weighted by Gasteiger charge is -2.33. The first kappa shape index (κ1) is 19.3. The van der Waals surface area contributed by atoms with Crippen LogP contribution in [0.2, 0.25) is 0 Å². The van der Waals surface area contributed by atoms with E-state index in [4.69, 9.17) is 5.11 Å². The number of carbonyl (C=O) groups excluding carboxylic acids is 1. The topological polar surface area (TPSA) is 84.2 Å². The van der Waals surface area contributed by atoms with Crippen molar-refractivity contribution in [2.45, 2.75) is 45.0 Å². The molecule has 2 rings (SSSR count). The normalized spacial score (nSPS) is 13.8. The van der Waals surface area contributed by atoms with Crippen LogP contribution in [-0.4, -0.2) is 38.3 Å². The van der Waals surface area contributed by atoms with Gasteiger partial charge in [-0.25, -0.2) is 4.98 Å². The minimum Gasteiger partial charge on any atom is -0.481 e. The Morgan fingerprint density at radius 2 is 2.04 bits per heavy atom. The predicted octanol–water partition coefficient (Wildman–Crippen LogP) is 2.90. The number of hydrogen-bond donors (Lipinski definition) is 2. The summed E-state index contributed by atoms with van der Waals surface area (Å²) in [6.07, 6.45) is 1.88.